The molecule has 0 aliphatic rings. The summed E-state index contributed by atoms with van der Waals surface area (Å²) in [7, 11) is -3.67. The molecule has 3 aromatic heterocycles. The lowest BCUT2D eigenvalue weighted by atomic mass is 9.95. The zero-order valence-electron chi connectivity index (χ0n) is 19.2. The molecule has 0 fully saturated rings. The summed E-state index contributed by atoms with van der Waals surface area (Å²) >= 11 is 0. The van der Waals surface area contributed by atoms with E-state index in [-0.39, 0.29) is 16.4 Å². The van der Waals surface area contributed by atoms with Crippen molar-refractivity contribution < 1.29 is 13.2 Å². The van der Waals surface area contributed by atoms with Gasteiger partial charge in [-0.05, 0) is 44.2 Å². The summed E-state index contributed by atoms with van der Waals surface area (Å²) in [6.07, 6.45) is 2.93. The molecule has 0 amide bonds. The van der Waals surface area contributed by atoms with Gasteiger partial charge in [0.05, 0.1) is 24.0 Å². The average molecular weight is 466 g/mol. The average Bonchev–Trinajstić information content (AvgIpc) is 3.09. The lowest BCUT2D eigenvalue weighted by molar-refractivity contribution is 0.0977. The summed E-state index contributed by atoms with van der Waals surface area (Å²) in [5.74, 6) is -1.51. The molecule has 9 heteroatoms. The lowest BCUT2D eigenvalue weighted by Gasteiger charge is -2.18. The minimum absolute atomic E-state index is 0.0348. The van der Waals surface area contributed by atoms with E-state index in [9.17, 15) is 18.5 Å². The number of sulfonamides is 1. The Morgan fingerprint density at radius 3 is 2.42 bits per heavy atom. The number of hydrogen-bond donors (Lipinski definition) is 0. The molecule has 0 radical (unpaired) electrons. The summed E-state index contributed by atoms with van der Waals surface area (Å²) < 4.78 is 28.7. The fraction of sp³-hybridized carbons (Fsp3) is 0.333. The number of aryl methyl sites for hydroxylation is 1. The highest BCUT2D eigenvalue weighted by molar-refractivity contribution is 7.89. The van der Waals surface area contributed by atoms with E-state index in [1.54, 1.807) is 26.1 Å². The normalized spacial score (nSPS) is 12.5. The van der Waals surface area contributed by atoms with Crippen molar-refractivity contribution in [1.82, 2.24) is 18.8 Å². The quantitative estimate of drug-likeness (QED) is 0.448. The highest BCUT2D eigenvalue weighted by Crippen LogP contribution is 2.25. The molecule has 0 N–H and O–H groups in total. The fourth-order valence-electron chi connectivity index (χ4n) is 3.79. The molecule has 3 heterocycles. The Labute approximate surface area is 194 Å². The van der Waals surface area contributed by atoms with Gasteiger partial charge in [0.15, 0.2) is 11.7 Å². The predicted octanol–water partition coefficient (Wildman–Crippen LogP) is 3.46. The number of aromatic nitrogens is 3. The first-order valence-electron chi connectivity index (χ1n) is 10.7. The second-order valence-electron chi connectivity index (χ2n) is 7.63. The van der Waals surface area contributed by atoms with Gasteiger partial charge in [-0.3, -0.25) is 14.8 Å². The number of hydrogen-bond acceptors (Lipinski definition) is 6. The van der Waals surface area contributed by atoms with Crippen molar-refractivity contribution in [3.05, 3.63) is 77.1 Å². The number of nitrogens with zero attached hydrogens (tertiary/aromatic N) is 5. The second-order valence-corrected chi connectivity index (χ2v) is 9.56. The standard InChI is InChI=1S/C24H27N5O3S/c1-5-28(6-2)33(31,32)20-10-11-23(27-15-20)22(14-25)24(30)21-13-17(3)29(18(21)4)16-19-9-7-8-12-26-19/h7-13,15,22H,5-6,16H2,1-4H3. The molecule has 0 spiro atoms. The van der Waals surface area contributed by atoms with Crippen LogP contribution in [0.1, 0.15) is 52.9 Å². The van der Waals surface area contributed by atoms with Crippen LogP contribution in [0, 0.1) is 25.2 Å². The van der Waals surface area contributed by atoms with Crippen molar-refractivity contribution in [2.24, 2.45) is 0 Å². The molecule has 1 atom stereocenters. The molecule has 172 valence electrons. The van der Waals surface area contributed by atoms with Crippen LogP contribution in [-0.4, -0.2) is 46.1 Å². The number of pyridine rings is 2. The maximum Gasteiger partial charge on any atom is 0.244 e. The highest BCUT2D eigenvalue weighted by atomic mass is 32.2. The Bertz CT molecular complexity index is 1270. The summed E-state index contributed by atoms with van der Waals surface area (Å²) in [5, 5.41) is 9.75. The molecule has 0 saturated heterocycles. The van der Waals surface area contributed by atoms with Crippen molar-refractivity contribution in [2.75, 3.05) is 13.1 Å². The monoisotopic (exact) mass is 465 g/mol. The van der Waals surface area contributed by atoms with Crippen LogP contribution in [0.25, 0.3) is 0 Å². The van der Waals surface area contributed by atoms with Gasteiger partial charge in [0.2, 0.25) is 10.0 Å². The molecule has 0 bridgehead atoms. The van der Waals surface area contributed by atoms with Crippen LogP contribution >= 0.6 is 0 Å². The zero-order valence-corrected chi connectivity index (χ0v) is 20.0. The number of nitriles is 1. The van der Waals surface area contributed by atoms with Crippen LogP contribution in [0.15, 0.2) is 53.7 Å². The number of carbonyl (C=O) groups excluding carboxylic acids is 1. The van der Waals surface area contributed by atoms with Gasteiger partial charge in [0.1, 0.15) is 4.90 Å². The first-order valence-corrected chi connectivity index (χ1v) is 12.1. The van der Waals surface area contributed by atoms with Crippen LogP contribution in [0.3, 0.4) is 0 Å². The molecule has 1 unspecified atom stereocenters. The van der Waals surface area contributed by atoms with Gasteiger partial charge < -0.3 is 4.57 Å². The van der Waals surface area contributed by atoms with Crippen molar-refractivity contribution in [1.29, 1.82) is 5.26 Å². The van der Waals surface area contributed by atoms with E-state index in [0.29, 0.717) is 25.2 Å². The van der Waals surface area contributed by atoms with E-state index < -0.39 is 15.9 Å². The Balaban J connectivity index is 1.89. The summed E-state index contributed by atoms with van der Waals surface area (Å²) in [6.45, 7) is 8.46. The van der Waals surface area contributed by atoms with E-state index in [2.05, 4.69) is 9.97 Å². The number of rotatable bonds is 9. The van der Waals surface area contributed by atoms with E-state index in [0.717, 1.165) is 17.1 Å². The number of Topliss-reactive ketones (excluding diaryl/α,β-unsaturated/α-hetero) is 1. The number of ketones is 1. The predicted molar refractivity (Wildman–Crippen MR) is 124 cm³/mol. The van der Waals surface area contributed by atoms with Gasteiger partial charge in [-0.15, -0.1) is 0 Å². The van der Waals surface area contributed by atoms with Gasteiger partial charge >= 0.3 is 0 Å². The van der Waals surface area contributed by atoms with Crippen LogP contribution < -0.4 is 0 Å². The molecule has 0 aliphatic heterocycles. The molecule has 0 saturated carbocycles. The van der Waals surface area contributed by atoms with Crippen molar-refractivity contribution in [3.63, 3.8) is 0 Å². The van der Waals surface area contributed by atoms with Crippen LogP contribution in [0.4, 0.5) is 0 Å². The second kappa shape index (κ2) is 10.1. The lowest BCUT2D eigenvalue weighted by Crippen LogP contribution is -2.30. The minimum atomic E-state index is -3.67. The molecular formula is C24H27N5O3S. The summed E-state index contributed by atoms with van der Waals surface area (Å²) in [5.41, 5.74) is 3.14. The van der Waals surface area contributed by atoms with Gasteiger partial charge in [-0.25, -0.2) is 8.42 Å². The molecule has 3 aromatic rings. The smallest absolute Gasteiger partial charge is 0.244 e. The van der Waals surface area contributed by atoms with Gasteiger partial charge in [0, 0.05) is 42.4 Å². The molecule has 8 nitrogen and oxygen atoms in total. The zero-order chi connectivity index (χ0) is 24.2. The van der Waals surface area contributed by atoms with Crippen molar-refractivity contribution in [3.8, 4) is 6.07 Å². The maximum atomic E-state index is 13.3. The largest absolute Gasteiger partial charge is 0.343 e. The first kappa shape index (κ1) is 24.3. The SMILES string of the molecule is CCN(CC)S(=O)(=O)c1ccc(C(C#N)C(=O)c2cc(C)n(Cc3ccccn3)c2C)nc1. The van der Waals surface area contributed by atoms with Gasteiger partial charge in [-0.1, -0.05) is 19.9 Å². The Morgan fingerprint density at radius 2 is 1.88 bits per heavy atom. The molecule has 0 aromatic carbocycles. The van der Waals surface area contributed by atoms with Crippen molar-refractivity contribution >= 4 is 15.8 Å². The van der Waals surface area contributed by atoms with E-state index >= 15 is 0 Å². The summed E-state index contributed by atoms with van der Waals surface area (Å²) in [6, 6.07) is 12.3. The molecule has 0 aliphatic carbocycles. The Morgan fingerprint density at radius 1 is 1.15 bits per heavy atom. The van der Waals surface area contributed by atoms with E-state index in [1.165, 1.54) is 22.6 Å². The van der Waals surface area contributed by atoms with Crippen molar-refractivity contribution in [2.45, 2.75) is 45.1 Å². The Hall–Kier alpha value is -3.35. The minimum Gasteiger partial charge on any atom is -0.343 e. The fourth-order valence-corrected chi connectivity index (χ4v) is 5.19. The topological polar surface area (TPSA) is 109 Å². The van der Waals surface area contributed by atoms with E-state index in [1.807, 2.05) is 42.7 Å². The number of carbonyl (C=O) groups is 1. The summed E-state index contributed by atoms with van der Waals surface area (Å²) in [4.78, 5) is 21.8. The highest BCUT2D eigenvalue weighted by Gasteiger charge is 2.28. The Kier molecular flexibility index (Phi) is 7.41. The maximum absolute atomic E-state index is 13.3. The third kappa shape index (κ3) is 4.87. The van der Waals surface area contributed by atoms with Crippen LogP contribution in [0.2, 0.25) is 0 Å². The van der Waals surface area contributed by atoms with E-state index in [4.69, 9.17) is 0 Å². The van der Waals surface area contributed by atoms with Crippen LogP contribution in [-0.2, 0) is 16.6 Å². The first-order chi connectivity index (χ1) is 15.7. The van der Waals surface area contributed by atoms with Gasteiger partial charge in [0.25, 0.3) is 0 Å². The third-order valence-corrected chi connectivity index (χ3v) is 7.71. The molecule has 3 rings (SSSR count). The third-order valence-electron chi connectivity index (χ3n) is 5.67. The van der Waals surface area contributed by atoms with Gasteiger partial charge in [-0.2, -0.15) is 9.57 Å². The molecular weight excluding hydrogens is 438 g/mol. The molecule has 33 heavy (non-hydrogen) atoms. The van der Waals surface area contributed by atoms with Crippen LogP contribution in [0.5, 0.6) is 0 Å².